The zero-order valence-corrected chi connectivity index (χ0v) is 21.1. The van der Waals surface area contributed by atoms with Gasteiger partial charge in [0.1, 0.15) is 23.4 Å². The summed E-state index contributed by atoms with van der Waals surface area (Å²) >= 11 is 0. The summed E-state index contributed by atoms with van der Waals surface area (Å²) in [5.74, 6) is -1.19. The lowest BCUT2D eigenvalue weighted by Crippen LogP contribution is -2.54. The number of phenolic OH excluding ortho intramolecular Hbond substituents is 1. The largest absolute Gasteiger partial charge is 0.508 e. The number of phenols is 1. The second-order valence-corrected chi connectivity index (χ2v) is 9.23. The van der Waals surface area contributed by atoms with Crippen molar-refractivity contribution in [3.05, 3.63) is 29.8 Å². The first-order valence-corrected chi connectivity index (χ1v) is 12.0. The molecule has 0 saturated carbocycles. The molecule has 192 valence electrons. The standard InChI is InChI=1S/C25H41N3O6/c1-6-8-12-16-28(23(32)19(17-29)27-24(33)34-25(3,4)5)21(22(31)26-15-9-7-2)18-13-10-11-14-20(18)30/h10-11,13-14,19,21,29-30H,6-9,12,15-17H2,1-5H3,(H,26,31)(H,27,33). The Kier molecular flexibility index (Phi) is 12.4. The molecule has 9 heteroatoms. The minimum absolute atomic E-state index is 0.118. The van der Waals surface area contributed by atoms with E-state index >= 15 is 0 Å². The fourth-order valence-electron chi connectivity index (χ4n) is 3.39. The molecule has 0 heterocycles. The highest BCUT2D eigenvalue weighted by Crippen LogP contribution is 2.30. The Labute approximate surface area is 202 Å². The van der Waals surface area contributed by atoms with E-state index in [1.807, 2.05) is 13.8 Å². The molecule has 2 unspecified atom stereocenters. The van der Waals surface area contributed by atoms with E-state index in [2.05, 4.69) is 10.6 Å². The summed E-state index contributed by atoms with van der Waals surface area (Å²) in [6.07, 6.45) is 3.12. The number of ether oxygens (including phenoxy) is 1. The van der Waals surface area contributed by atoms with Crippen LogP contribution in [0.4, 0.5) is 4.79 Å². The first-order chi connectivity index (χ1) is 16.1. The molecule has 9 nitrogen and oxygen atoms in total. The summed E-state index contributed by atoms with van der Waals surface area (Å²) in [5.41, 5.74) is -0.513. The Bertz CT molecular complexity index is 793. The number of unbranched alkanes of at least 4 members (excludes halogenated alkanes) is 3. The quantitative estimate of drug-likeness (QED) is 0.322. The first-order valence-electron chi connectivity index (χ1n) is 12.0. The number of aliphatic hydroxyl groups excluding tert-OH is 1. The molecule has 0 radical (unpaired) electrons. The molecule has 0 aliphatic heterocycles. The molecule has 2 atom stereocenters. The number of carbonyl (C=O) groups excluding carboxylic acids is 3. The van der Waals surface area contributed by atoms with Crippen LogP contribution in [0.1, 0.15) is 78.3 Å². The maximum atomic E-state index is 13.6. The lowest BCUT2D eigenvalue weighted by molar-refractivity contribution is -0.143. The smallest absolute Gasteiger partial charge is 0.408 e. The number of para-hydroxylation sites is 1. The van der Waals surface area contributed by atoms with Gasteiger partial charge >= 0.3 is 6.09 Å². The number of hydrogen-bond donors (Lipinski definition) is 4. The number of rotatable bonds is 13. The molecular weight excluding hydrogens is 438 g/mol. The highest BCUT2D eigenvalue weighted by Gasteiger charge is 2.36. The number of carbonyl (C=O) groups is 3. The van der Waals surface area contributed by atoms with Gasteiger partial charge < -0.3 is 30.5 Å². The molecule has 1 rings (SSSR count). The van der Waals surface area contributed by atoms with Crippen LogP contribution in [-0.4, -0.2) is 64.4 Å². The summed E-state index contributed by atoms with van der Waals surface area (Å²) in [6, 6.07) is 3.92. The second kappa shape index (κ2) is 14.5. The van der Waals surface area contributed by atoms with Crippen LogP contribution < -0.4 is 10.6 Å². The third kappa shape index (κ3) is 9.59. The molecule has 0 spiro atoms. The number of nitrogens with one attached hydrogen (secondary N) is 2. The van der Waals surface area contributed by atoms with Gasteiger partial charge in [-0.2, -0.15) is 0 Å². The van der Waals surface area contributed by atoms with Gasteiger partial charge in [0, 0.05) is 18.7 Å². The summed E-state index contributed by atoms with van der Waals surface area (Å²) in [4.78, 5) is 40.5. The van der Waals surface area contributed by atoms with Crippen molar-refractivity contribution in [2.45, 2.75) is 84.4 Å². The van der Waals surface area contributed by atoms with E-state index in [0.717, 1.165) is 25.7 Å². The SMILES string of the molecule is CCCCCN(C(=O)C(CO)NC(=O)OC(C)(C)C)C(C(=O)NCCCC)c1ccccc1O. The highest BCUT2D eigenvalue weighted by molar-refractivity contribution is 5.92. The van der Waals surface area contributed by atoms with Crippen molar-refractivity contribution in [3.8, 4) is 5.75 Å². The number of aromatic hydroxyl groups is 1. The summed E-state index contributed by atoms with van der Waals surface area (Å²) in [6.45, 7) is 9.05. The molecule has 0 aliphatic rings. The van der Waals surface area contributed by atoms with Gasteiger partial charge in [0.2, 0.25) is 11.8 Å². The summed E-state index contributed by atoms with van der Waals surface area (Å²) in [7, 11) is 0. The molecule has 0 aromatic heterocycles. The molecule has 1 aromatic carbocycles. The van der Waals surface area contributed by atoms with E-state index in [-0.39, 0.29) is 17.9 Å². The van der Waals surface area contributed by atoms with Gasteiger partial charge in [0.25, 0.3) is 0 Å². The molecule has 0 fully saturated rings. The topological polar surface area (TPSA) is 128 Å². The monoisotopic (exact) mass is 479 g/mol. The highest BCUT2D eigenvalue weighted by atomic mass is 16.6. The van der Waals surface area contributed by atoms with E-state index in [1.165, 1.54) is 11.0 Å². The van der Waals surface area contributed by atoms with Crippen LogP contribution in [0.15, 0.2) is 24.3 Å². The van der Waals surface area contributed by atoms with Crippen molar-refractivity contribution in [1.82, 2.24) is 15.5 Å². The molecule has 1 aromatic rings. The number of hydrogen-bond acceptors (Lipinski definition) is 6. The maximum Gasteiger partial charge on any atom is 0.408 e. The molecular formula is C25H41N3O6. The Morgan fingerprint density at radius 3 is 2.26 bits per heavy atom. The summed E-state index contributed by atoms with van der Waals surface area (Å²) < 4.78 is 5.22. The van der Waals surface area contributed by atoms with Gasteiger partial charge in [-0.15, -0.1) is 0 Å². The van der Waals surface area contributed by atoms with E-state index in [0.29, 0.717) is 13.0 Å². The van der Waals surface area contributed by atoms with Crippen LogP contribution in [0, 0.1) is 0 Å². The van der Waals surface area contributed by atoms with E-state index in [9.17, 15) is 24.6 Å². The average molecular weight is 480 g/mol. The van der Waals surface area contributed by atoms with Crippen LogP contribution in [0.5, 0.6) is 5.75 Å². The zero-order chi connectivity index (χ0) is 25.7. The van der Waals surface area contributed by atoms with Crippen LogP contribution >= 0.6 is 0 Å². The molecule has 0 aliphatic carbocycles. The van der Waals surface area contributed by atoms with Crippen molar-refractivity contribution in [3.63, 3.8) is 0 Å². The normalized spacial score (nSPS) is 13.0. The minimum Gasteiger partial charge on any atom is -0.508 e. The molecule has 0 saturated heterocycles. The van der Waals surface area contributed by atoms with Gasteiger partial charge in [0.15, 0.2) is 0 Å². The number of aliphatic hydroxyl groups is 1. The van der Waals surface area contributed by atoms with Crippen LogP contribution in [-0.2, 0) is 14.3 Å². The van der Waals surface area contributed by atoms with Gasteiger partial charge in [0.05, 0.1) is 6.61 Å². The second-order valence-electron chi connectivity index (χ2n) is 9.23. The van der Waals surface area contributed by atoms with Crippen molar-refractivity contribution >= 4 is 17.9 Å². The molecule has 4 N–H and O–H groups in total. The lowest BCUT2D eigenvalue weighted by Gasteiger charge is -2.34. The maximum absolute atomic E-state index is 13.6. The first kappa shape index (κ1) is 29.2. The van der Waals surface area contributed by atoms with E-state index < -0.39 is 42.2 Å². The Hall–Kier alpha value is -2.81. The minimum atomic E-state index is -1.31. The predicted octanol–water partition coefficient (Wildman–Crippen LogP) is 3.25. The Morgan fingerprint density at radius 1 is 1.06 bits per heavy atom. The molecule has 0 bridgehead atoms. The van der Waals surface area contributed by atoms with Crippen molar-refractivity contribution in [1.29, 1.82) is 0 Å². The fraction of sp³-hybridized carbons (Fsp3) is 0.640. The van der Waals surface area contributed by atoms with Crippen molar-refractivity contribution in [2.75, 3.05) is 19.7 Å². The Morgan fingerprint density at radius 2 is 1.71 bits per heavy atom. The van der Waals surface area contributed by atoms with Crippen molar-refractivity contribution < 1.29 is 29.3 Å². The van der Waals surface area contributed by atoms with Crippen LogP contribution in [0.2, 0.25) is 0 Å². The van der Waals surface area contributed by atoms with Gasteiger partial charge in [-0.25, -0.2) is 4.79 Å². The number of amides is 3. The fourth-order valence-corrected chi connectivity index (χ4v) is 3.39. The Balaban J connectivity index is 3.34. The van der Waals surface area contributed by atoms with Gasteiger partial charge in [-0.1, -0.05) is 51.3 Å². The van der Waals surface area contributed by atoms with E-state index in [4.69, 9.17) is 4.74 Å². The third-order valence-corrected chi connectivity index (χ3v) is 5.08. The third-order valence-electron chi connectivity index (χ3n) is 5.08. The van der Waals surface area contributed by atoms with Gasteiger partial charge in [-0.05, 0) is 39.7 Å². The molecule has 34 heavy (non-hydrogen) atoms. The zero-order valence-electron chi connectivity index (χ0n) is 21.1. The van der Waals surface area contributed by atoms with Crippen LogP contribution in [0.25, 0.3) is 0 Å². The molecule has 3 amide bonds. The summed E-state index contributed by atoms with van der Waals surface area (Å²) in [5, 5.41) is 25.7. The number of alkyl carbamates (subject to hydrolysis) is 1. The van der Waals surface area contributed by atoms with Crippen molar-refractivity contribution in [2.24, 2.45) is 0 Å². The van der Waals surface area contributed by atoms with Gasteiger partial charge in [-0.3, -0.25) is 9.59 Å². The number of benzene rings is 1. The predicted molar refractivity (Wildman–Crippen MR) is 130 cm³/mol. The average Bonchev–Trinajstić information content (AvgIpc) is 2.76. The van der Waals surface area contributed by atoms with E-state index in [1.54, 1.807) is 39.0 Å². The lowest BCUT2D eigenvalue weighted by atomic mass is 10.0. The van der Waals surface area contributed by atoms with Crippen LogP contribution in [0.3, 0.4) is 0 Å². The number of nitrogens with zero attached hydrogens (tertiary/aromatic N) is 1.